The quantitative estimate of drug-likeness (QED) is 0.314. The van der Waals surface area contributed by atoms with E-state index < -0.39 is 0 Å². The summed E-state index contributed by atoms with van der Waals surface area (Å²) >= 11 is 0. The van der Waals surface area contributed by atoms with Gasteiger partial charge in [0.15, 0.2) is 5.76 Å². The van der Waals surface area contributed by atoms with Gasteiger partial charge in [-0.15, -0.1) is 0 Å². The highest BCUT2D eigenvalue weighted by Crippen LogP contribution is 2.31. The molecule has 1 heterocycles. The lowest BCUT2D eigenvalue weighted by atomic mass is 9.95. The highest BCUT2D eigenvalue weighted by atomic mass is 16.5. The van der Waals surface area contributed by atoms with Gasteiger partial charge < -0.3 is 4.52 Å². The van der Waals surface area contributed by atoms with Crippen molar-refractivity contribution in [3.05, 3.63) is 126 Å². The molecule has 0 unspecified atom stereocenters. The number of rotatable bonds is 4. The van der Waals surface area contributed by atoms with Crippen molar-refractivity contribution in [2.24, 2.45) is 0 Å². The van der Waals surface area contributed by atoms with Crippen LogP contribution in [-0.4, -0.2) is 5.16 Å². The largest absolute Gasteiger partial charge is 0.355 e. The molecule has 2 nitrogen and oxygen atoms in total. The fraction of sp³-hybridized carbons (Fsp3) is 0. The monoisotopic (exact) mass is 373 g/mol. The maximum atomic E-state index is 5.66. The number of fused-ring (bicyclic) bond motifs is 1. The molecule has 0 aliphatic carbocycles. The van der Waals surface area contributed by atoms with Gasteiger partial charge in [-0.2, -0.15) is 0 Å². The Morgan fingerprint density at radius 3 is 1.86 bits per heavy atom. The summed E-state index contributed by atoms with van der Waals surface area (Å²) in [5, 5.41) is 5.25. The minimum absolute atomic E-state index is 0.803. The van der Waals surface area contributed by atoms with E-state index in [9.17, 15) is 0 Å². The minimum atomic E-state index is 0.803. The molecular weight excluding hydrogens is 354 g/mol. The zero-order valence-electron chi connectivity index (χ0n) is 15.8. The number of hydrogen-bond acceptors (Lipinski definition) is 2. The van der Waals surface area contributed by atoms with Crippen molar-refractivity contribution in [3.8, 4) is 11.3 Å². The summed E-state index contributed by atoms with van der Waals surface area (Å²) in [7, 11) is 0. The SMILES string of the molecule is C(=C(c1ccccc1)c1ccccc1)c1ccc2noc(-c3ccccc3)c2c1. The normalized spacial score (nSPS) is 10.8. The number of hydrogen-bond donors (Lipinski definition) is 0. The Hall–Kier alpha value is -3.91. The van der Waals surface area contributed by atoms with E-state index in [0.717, 1.165) is 27.8 Å². The Kier molecular flexibility index (Phi) is 4.51. The van der Waals surface area contributed by atoms with Crippen LogP contribution in [0.3, 0.4) is 0 Å². The average Bonchev–Trinajstić information content (AvgIpc) is 3.22. The fourth-order valence-corrected chi connectivity index (χ4v) is 3.58. The zero-order valence-corrected chi connectivity index (χ0v) is 15.8. The summed E-state index contributed by atoms with van der Waals surface area (Å²) in [6, 6.07) is 37.3. The van der Waals surface area contributed by atoms with Crippen LogP contribution in [0.25, 0.3) is 33.9 Å². The number of aromatic nitrogens is 1. The molecule has 0 saturated carbocycles. The molecule has 2 heteroatoms. The molecule has 1 aromatic heterocycles. The Bertz CT molecular complexity index is 1230. The van der Waals surface area contributed by atoms with E-state index in [0.29, 0.717) is 0 Å². The van der Waals surface area contributed by atoms with Gasteiger partial charge in [-0.1, -0.05) is 102 Å². The van der Waals surface area contributed by atoms with Gasteiger partial charge in [-0.3, -0.25) is 0 Å². The molecule has 29 heavy (non-hydrogen) atoms. The summed E-state index contributed by atoms with van der Waals surface area (Å²) in [5.74, 6) is 0.803. The third-order valence-electron chi connectivity index (χ3n) is 5.02. The van der Waals surface area contributed by atoms with Crippen molar-refractivity contribution >= 4 is 22.6 Å². The van der Waals surface area contributed by atoms with Crippen LogP contribution >= 0.6 is 0 Å². The second-order valence-corrected chi connectivity index (χ2v) is 6.94. The van der Waals surface area contributed by atoms with Gasteiger partial charge in [0.05, 0.1) is 5.39 Å². The lowest BCUT2D eigenvalue weighted by Gasteiger charge is -2.09. The van der Waals surface area contributed by atoms with Crippen molar-refractivity contribution < 1.29 is 4.52 Å². The molecule has 5 rings (SSSR count). The van der Waals surface area contributed by atoms with Crippen LogP contribution in [0.15, 0.2) is 114 Å². The van der Waals surface area contributed by atoms with Crippen molar-refractivity contribution in [3.63, 3.8) is 0 Å². The Balaban J connectivity index is 1.66. The maximum absolute atomic E-state index is 5.66. The summed E-state index contributed by atoms with van der Waals surface area (Å²) in [5.41, 5.74) is 6.56. The van der Waals surface area contributed by atoms with Crippen LogP contribution in [0.5, 0.6) is 0 Å². The van der Waals surface area contributed by atoms with Gasteiger partial charge in [0.1, 0.15) is 5.52 Å². The first-order valence-corrected chi connectivity index (χ1v) is 9.66. The zero-order chi connectivity index (χ0) is 19.5. The lowest BCUT2D eigenvalue weighted by Crippen LogP contribution is -1.88. The Labute approximate surface area is 169 Å². The molecule has 0 aliphatic heterocycles. The van der Waals surface area contributed by atoms with Crippen molar-refractivity contribution in [1.82, 2.24) is 5.16 Å². The summed E-state index contributed by atoms with van der Waals surface area (Å²) < 4.78 is 5.66. The first kappa shape index (κ1) is 17.2. The summed E-state index contributed by atoms with van der Waals surface area (Å²) in [6.45, 7) is 0. The molecule has 0 fully saturated rings. The van der Waals surface area contributed by atoms with Gasteiger partial charge in [0.25, 0.3) is 0 Å². The highest BCUT2D eigenvalue weighted by Gasteiger charge is 2.11. The molecule has 5 aromatic rings. The molecule has 0 bridgehead atoms. The van der Waals surface area contributed by atoms with Crippen LogP contribution < -0.4 is 0 Å². The first-order valence-electron chi connectivity index (χ1n) is 9.66. The first-order chi connectivity index (χ1) is 14.4. The van der Waals surface area contributed by atoms with E-state index in [1.54, 1.807) is 0 Å². The van der Waals surface area contributed by atoms with Gasteiger partial charge in [-0.05, 0) is 40.5 Å². The topological polar surface area (TPSA) is 26.0 Å². The fourth-order valence-electron chi connectivity index (χ4n) is 3.58. The molecule has 4 aromatic carbocycles. The molecular formula is C27H19NO. The molecule has 0 spiro atoms. The Morgan fingerprint density at radius 1 is 0.655 bits per heavy atom. The molecule has 0 saturated heterocycles. The standard InChI is InChI=1S/C27H19NO/c1-4-10-21(11-5-1)24(22-12-6-2-7-13-22)18-20-16-17-26-25(19-20)27(29-28-26)23-14-8-3-9-15-23/h1-19H. The van der Waals surface area contributed by atoms with Crippen LogP contribution in [0.1, 0.15) is 16.7 Å². The number of benzene rings is 4. The van der Waals surface area contributed by atoms with E-state index in [1.165, 1.54) is 16.7 Å². The predicted octanol–water partition coefficient (Wildman–Crippen LogP) is 7.08. The van der Waals surface area contributed by atoms with Crippen LogP contribution in [0.4, 0.5) is 0 Å². The molecule has 0 atom stereocenters. The molecule has 0 radical (unpaired) electrons. The average molecular weight is 373 g/mol. The van der Waals surface area contributed by atoms with Crippen LogP contribution in [-0.2, 0) is 0 Å². The smallest absolute Gasteiger partial charge is 0.174 e. The van der Waals surface area contributed by atoms with Crippen molar-refractivity contribution in [1.29, 1.82) is 0 Å². The van der Waals surface area contributed by atoms with Gasteiger partial charge in [-0.25, -0.2) is 0 Å². The lowest BCUT2D eigenvalue weighted by molar-refractivity contribution is 0.441. The molecule has 0 N–H and O–H groups in total. The maximum Gasteiger partial charge on any atom is 0.174 e. The van der Waals surface area contributed by atoms with E-state index in [-0.39, 0.29) is 0 Å². The van der Waals surface area contributed by atoms with Crippen LogP contribution in [0.2, 0.25) is 0 Å². The van der Waals surface area contributed by atoms with E-state index in [1.807, 2.05) is 48.5 Å². The minimum Gasteiger partial charge on any atom is -0.355 e. The highest BCUT2D eigenvalue weighted by molar-refractivity contribution is 5.96. The van der Waals surface area contributed by atoms with Crippen molar-refractivity contribution in [2.75, 3.05) is 0 Å². The second-order valence-electron chi connectivity index (χ2n) is 6.94. The number of nitrogens with zero attached hydrogens (tertiary/aromatic N) is 1. The third-order valence-corrected chi connectivity index (χ3v) is 5.02. The van der Waals surface area contributed by atoms with E-state index in [2.05, 4.69) is 71.9 Å². The molecule has 138 valence electrons. The second kappa shape index (κ2) is 7.61. The molecule has 0 aliphatic rings. The predicted molar refractivity (Wildman–Crippen MR) is 119 cm³/mol. The summed E-state index contributed by atoms with van der Waals surface area (Å²) in [6.07, 6.45) is 2.23. The third kappa shape index (κ3) is 3.48. The summed E-state index contributed by atoms with van der Waals surface area (Å²) in [4.78, 5) is 0. The van der Waals surface area contributed by atoms with Gasteiger partial charge in [0, 0.05) is 5.56 Å². The van der Waals surface area contributed by atoms with Crippen molar-refractivity contribution in [2.45, 2.75) is 0 Å². The molecule has 0 amide bonds. The van der Waals surface area contributed by atoms with E-state index in [4.69, 9.17) is 4.52 Å². The van der Waals surface area contributed by atoms with Gasteiger partial charge in [0.2, 0.25) is 0 Å². The van der Waals surface area contributed by atoms with Crippen LogP contribution in [0, 0.1) is 0 Å². The van der Waals surface area contributed by atoms with E-state index >= 15 is 0 Å². The van der Waals surface area contributed by atoms with Gasteiger partial charge >= 0.3 is 0 Å². The Morgan fingerprint density at radius 2 is 1.24 bits per heavy atom.